The van der Waals surface area contributed by atoms with Gasteiger partial charge in [0.05, 0.1) is 22.7 Å². The monoisotopic (exact) mass is 472 g/mol. The number of hydrogen-bond donors (Lipinski definition) is 0. The highest BCUT2D eigenvalue weighted by atomic mass is 15.0. The van der Waals surface area contributed by atoms with Crippen molar-refractivity contribution in [2.45, 2.75) is 6.42 Å². The predicted octanol–water partition coefficient (Wildman–Crippen LogP) is 7.70. The quantitative estimate of drug-likeness (QED) is 0.229. The molecular weight excluding hydrogens is 452 g/mol. The zero-order valence-electron chi connectivity index (χ0n) is 19.9. The van der Waals surface area contributed by atoms with Crippen molar-refractivity contribution in [1.29, 1.82) is 0 Å². The van der Waals surface area contributed by atoms with Crippen molar-refractivity contribution in [2.24, 2.45) is 0 Å². The first-order valence-electron chi connectivity index (χ1n) is 12.6. The second-order valence-corrected chi connectivity index (χ2v) is 9.96. The Labute approximate surface area is 212 Å². The average Bonchev–Trinajstić information content (AvgIpc) is 3.65. The lowest BCUT2D eigenvalue weighted by atomic mass is 9.98. The van der Waals surface area contributed by atoms with Crippen LogP contribution in [0.4, 0.5) is 0 Å². The maximum atomic E-state index is 4.72. The van der Waals surface area contributed by atoms with E-state index in [1.165, 1.54) is 65.9 Å². The molecular formula is C33H20N4. The van der Waals surface area contributed by atoms with Crippen LogP contribution >= 0.6 is 0 Å². The molecule has 9 rings (SSSR count). The van der Waals surface area contributed by atoms with Crippen LogP contribution in [0.1, 0.15) is 11.1 Å². The Hall–Kier alpha value is -4.96. The van der Waals surface area contributed by atoms with Gasteiger partial charge in [-0.05, 0) is 82.6 Å². The van der Waals surface area contributed by atoms with Gasteiger partial charge in [-0.3, -0.25) is 9.38 Å². The Kier molecular flexibility index (Phi) is 3.55. The number of aromatic nitrogens is 4. The molecule has 0 N–H and O–H groups in total. The van der Waals surface area contributed by atoms with Gasteiger partial charge in [-0.25, -0.2) is 4.98 Å². The smallest absolute Gasteiger partial charge is 0.145 e. The third-order valence-electron chi connectivity index (χ3n) is 8.06. The summed E-state index contributed by atoms with van der Waals surface area (Å²) in [5, 5.41) is 6.21. The van der Waals surface area contributed by atoms with Gasteiger partial charge in [0.2, 0.25) is 0 Å². The lowest BCUT2D eigenvalue weighted by Gasteiger charge is -2.11. The third-order valence-corrected chi connectivity index (χ3v) is 8.06. The topological polar surface area (TPSA) is 35.1 Å². The Morgan fingerprint density at radius 1 is 0.595 bits per heavy atom. The van der Waals surface area contributed by atoms with E-state index in [2.05, 4.69) is 98.9 Å². The van der Waals surface area contributed by atoms with Crippen molar-refractivity contribution in [3.63, 3.8) is 0 Å². The van der Waals surface area contributed by atoms with Gasteiger partial charge < -0.3 is 4.57 Å². The number of rotatable bonds is 1. The maximum Gasteiger partial charge on any atom is 0.145 e. The molecule has 172 valence electrons. The number of imidazole rings is 1. The Morgan fingerprint density at radius 3 is 2.30 bits per heavy atom. The molecule has 0 saturated carbocycles. The van der Waals surface area contributed by atoms with E-state index in [0.29, 0.717) is 0 Å². The van der Waals surface area contributed by atoms with Gasteiger partial charge in [-0.15, -0.1) is 0 Å². The van der Waals surface area contributed by atoms with Crippen LogP contribution < -0.4 is 0 Å². The zero-order chi connectivity index (χ0) is 24.1. The molecule has 1 aliphatic carbocycles. The number of pyridine rings is 2. The van der Waals surface area contributed by atoms with Crippen LogP contribution in [0.3, 0.4) is 0 Å². The van der Waals surface area contributed by atoms with Crippen molar-refractivity contribution in [1.82, 2.24) is 18.9 Å². The molecule has 4 heteroatoms. The van der Waals surface area contributed by atoms with Crippen molar-refractivity contribution >= 4 is 49.1 Å². The number of benzene rings is 4. The summed E-state index contributed by atoms with van der Waals surface area (Å²) in [5.74, 6) is 0. The second kappa shape index (κ2) is 6.83. The van der Waals surface area contributed by atoms with E-state index in [-0.39, 0.29) is 0 Å². The molecule has 4 heterocycles. The summed E-state index contributed by atoms with van der Waals surface area (Å²) in [6.45, 7) is 0. The summed E-state index contributed by atoms with van der Waals surface area (Å²) in [6, 6.07) is 31.1. The van der Waals surface area contributed by atoms with Crippen LogP contribution in [0.15, 0.2) is 110 Å². The highest BCUT2D eigenvalue weighted by Crippen LogP contribution is 2.44. The van der Waals surface area contributed by atoms with E-state index >= 15 is 0 Å². The molecule has 0 atom stereocenters. The first-order chi connectivity index (χ1) is 18.3. The molecule has 0 bridgehead atoms. The summed E-state index contributed by atoms with van der Waals surface area (Å²) < 4.78 is 4.56. The van der Waals surface area contributed by atoms with Gasteiger partial charge in [-0.2, -0.15) is 0 Å². The molecule has 0 fully saturated rings. The van der Waals surface area contributed by atoms with Crippen molar-refractivity contribution in [3.8, 4) is 16.8 Å². The Bertz CT molecular complexity index is 2220. The van der Waals surface area contributed by atoms with E-state index in [1.54, 1.807) is 0 Å². The lowest BCUT2D eigenvalue weighted by molar-refractivity contribution is 1.17. The van der Waals surface area contributed by atoms with E-state index < -0.39 is 0 Å². The van der Waals surface area contributed by atoms with Gasteiger partial charge in [-0.1, -0.05) is 36.4 Å². The fourth-order valence-corrected chi connectivity index (χ4v) is 6.47. The van der Waals surface area contributed by atoms with Gasteiger partial charge in [0.15, 0.2) is 0 Å². The number of hydrogen-bond acceptors (Lipinski definition) is 2. The van der Waals surface area contributed by atoms with Crippen LogP contribution in [0.5, 0.6) is 0 Å². The number of para-hydroxylation sites is 2. The highest BCUT2D eigenvalue weighted by Gasteiger charge is 2.24. The normalized spacial score (nSPS) is 12.8. The molecule has 0 unspecified atom stereocenters. The van der Waals surface area contributed by atoms with Crippen LogP contribution in [0.2, 0.25) is 0 Å². The standard InChI is InChI=1S/C33H20N4/c1-2-6-22(7-3-1)37-30-9-5-4-8-23(30)28-18-26-21(16-31(28)37)14-20-15-29-27(17-25(20)26)24-10-11-34-19-32(24)36-13-12-35-33(29)36/h1-13,15-19H,14H2. The van der Waals surface area contributed by atoms with Crippen LogP contribution in [0, 0.1) is 0 Å². The summed E-state index contributed by atoms with van der Waals surface area (Å²) in [5.41, 5.74) is 11.2. The SMILES string of the molecule is c1ccc(-n2c3ccccc3c3cc4c(cc32)Cc2cc3c(cc2-4)c2ccncc2n2ccnc32)cc1. The molecule has 0 saturated heterocycles. The molecule has 4 nitrogen and oxygen atoms in total. The number of fused-ring (bicyclic) bond motifs is 12. The van der Waals surface area contributed by atoms with Crippen LogP contribution in [-0.2, 0) is 6.42 Å². The van der Waals surface area contributed by atoms with Gasteiger partial charge >= 0.3 is 0 Å². The third kappa shape index (κ3) is 2.47. The summed E-state index contributed by atoms with van der Waals surface area (Å²) in [4.78, 5) is 9.12. The molecule has 0 radical (unpaired) electrons. The number of nitrogens with zero attached hydrogens (tertiary/aromatic N) is 4. The lowest BCUT2D eigenvalue weighted by Crippen LogP contribution is -1.93. The average molecular weight is 473 g/mol. The molecule has 8 aromatic rings. The van der Waals surface area contributed by atoms with E-state index in [1.807, 2.05) is 24.8 Å². The second-order valence-electron chi connectivity index (χ2n) is 9.96. The minimum Gasteiger partial charge on any atom is -0.309 e. The summed E-state index contributed by atoms with van der Waals surface area (Å²) in [7, 11) is 0. The molecule has 1 aliphatic rings. The van der Waals surface area contributed by atoms with Crippen molar-refractivity contribution in [2.75, 3.05) is 0 Å². The molecule has 4 aromatic carbocycles. The molecule has 0 aliphatic heterocycles. The predicted molar refractivity (Wildman–Crippen MR) is 151 cm³/mol. The van der Waals surface area contributed by atoms with Gasteiger partial charge in [0.1, 0.15) is 5.65 Å². The van der Waals surface area contributed by atoms with Crippen LogP contribution in [0.25, 0.3) is 65.9 Å². The Morgan fingerprint density at radius 2 is 1.38 bits per heavy atom. The minimum atomic E-state index is 0.925. The fourth-order valence-electron chi connectivity index (χ4n) is 6.47. The minimum absolute atomic E-state index is 0.925. The zero-order valence-corrected chi connectivity index (χ0v) is 19.9. The maximum absolute atomic E-state index is 4.72. The van der Waals surface area contributed by atoms with Gasteiger partial charge in [0.25, 0.3) is 0 Å². The molecule has 0 amide bonds. The van der Waals surface area contributed by atoms with Crippen LogP contribution in [-0.4, -0.2) is 18.9 Å². The van der Waals surface area contributed by atoms with Gasteiger partial charge in [0, 0.05) is 45.8 Å². The summed E-state index contributed by atoms with van der Waals surface area (Å²) in [6.07, 6.45) is 8.65. The van der Waals surface area contributed by atoms with E-state index in [9.17, 15) is 0 Å². The molecule has 4 aromatic heterocycles. The molecule has 0 spiro atoms. The van der Waals surface area contributed by atoms with Crippen molar-refractivity contribution < 1.29 is 0 Å². The first kappa shape index (κ1) is 19.3. The Balaban J connectivity index is 1.38. The van der Waals surface area contributed by atoms with E-state index in [4.69, 9.17) is 4.98 Å². The van der Waals surface area contributed by atoms with E-state index in [0.717, 1.165) is 17.6 Å². The van der Waals surface area contributed by atoms with Crippen molar-refractivity contribution in [3.05, 3.63) is 121 Å². The highest BCUT2D eigenvalue weighted by molar-refractivity contribution is 6.15. The summed E-state index contributed by atoms with van der Waals surface area (Å²) >= 11 is 0. The fraction of sp³-hybridized carbons (Fsp3) is 0.0303. The first-order valence-corrected chi connectivity index (χ1v) is 12.6. The largest absolute Gasteiger partial charge is 0.309 e. The molecule has 37 heavy (non-hydrogen) atoms.